The van der Waals surface area contributed by atoms with E-state index < -0.39 is 23.0 Å². The van der Waals surface area contributed by atoms with Crippen LogP contribution in [-0.4, -0.2) is 60.8 Å². The molecule has 0 bridgehead atoms. The summed E-state index contributed by atoms with van der Waals surface area (Å²) in [5.74, 6) is -1.61. The number of carbonyl (C=O) groups excluding carboxylic acids is 2. The van der Waals surface area contributed by atoms with Gasteiger partial charge in [-0.1, -0.05) is 0 Å². The van der Waals surface area contributed by atoms with Gasteiger partial charge in [-0.25, -0.2) is 0 Å². The Labute approximate surface area is 144 Å². The lowest BCUT2D eigenvalue weighted by atomic mass is 9.99. The molecule has 2 amide bonds. The fraction of sp³-hybridized carbons (Fsp3) is 0.600. The Hall–Kier alpha value is -2.46. The topological polar surface area (TPSA) is 124 Å². The van der Waals surface area contributed by atoms with Crippen molar-refractivity contribution in [1.29, 1.82) is 0 Å². The Kier molecular flexibility index (Phi) is 6.48. The molecule has 1 aromatic heterocycles. The highest BCUT2D eigenvalue weighted by atomic mass is 16.7. The second-order valence-corrected chi connectivity index (χ2v) is 5.39. The molecule has 138 valence electrons. The van der Waals surface area contributed by atoms with Crippen LogP contribution in [0.25, 0.3) is 0 Å². The molecule has 1 fully saturated rings. The van der Waals surface area contributed by atoms with Gasteiger partial charge in [0.15, 0.2) is 12.1 Å². The van der Waals surface area contributed by atoms with Crippen LogP contribution in [0.4, 0.5) is 5.88 Å². The number of nitrogens with zero attached hydrogens (tertiary/aromatic N) is 2. The van der Waals surface area contributed by atoms with E-state index >= 15 is 0 Å². The van der Waals surface area contributed by atoms with Crippen LogP contribution in [0.1, 0.15) is 24.4 Å². The summed E-state index contributed by atoms with van der Waals surface area (Å²) in [6, 6.07) is 2.38. The van der Waals surface area contributed by atoms with Crippen LogP contribution in [-0.2, 0) is 14.3 Å². The number of ether oxygens (including phenoxy) is 2. The number of amides is 2. The molecule has 0 aliphatic carbocycles. The third-order valence-corrected chi connectivity index (χ3v) is 3.67. The largest absolute Gasteiger partial charge is 0.433 e. The second-order valence-electron chi connectivity index (χ2n) is 5.39. The standard InChI is InChI=1S/C15H21N3O7/c1-3-23-13(24-4-2)7-16-14(19)10-8-17(9-10)15(20)11-5-6-12(25-11)18(21)22/h5-6,10,13H,3-4,7-9H2,1-2H3,(H,16,19). The summed E-state index contributed by atoms with van der Waals surface area (Å²) in [6.07, 6.45) is -0.500. The number of rotatable bonds is 9. The van der Waals surface area contributed by atoms with Gasteiger partial charge in [0.25, 0.3) is 5.91 Å². The molecule has 1 aliphatic rings. The van der Waals surface area contributed by atoms with Crippen molar-refractivity contribution in [3.63, 3.8) is 0 Å². The lowest BCUT2D eigenvalue weighted by Crippen LogP contribution is -2.56. The predicted octanol–water partition coefficient (Wildman–Crippen LogP) is 0.775. The van der Waals surface area contributed by atoms with Crippen molar-refractivity contribution in [2.45, 2.75) is 20.1 Å². The molecule has 0 aromatic carbocycles. The molecule has 25 heavy (non-hydrogen) atoms. The van der Waals surface area contributed by atoms with Crippen LogP contribution >= 0.6 is 0 Å². The van der Waals surface area contributed by atoms with E-state index in [0.29, 0.717) is 13.2 Å². The molecule has 10 nitrogen and oxygen atoms in total. The predicted molar refractivity (Wildman–Crippen MR) is 84.8 cm³/mol. The number of hydrogen-bond donors (Lipinski definition) is 1. The number of carbonyl (C=O) groups is 2. The normalized spacial score (nSPS) is 14.4. The van der Waals surface area contributed by atoms with E-state index in [1.54, 1.807) is 0 Å². The number of nitro groups is 1. The minimum Gasteiger partial charge on any atom is -0.395 e. The molecule has 2 rings (SSSR count). The molecule has 1 aromatic rings. The highest BCUT2D eigenvalue weighted by Crippen LogP contribution is 2.22. The summed E-state index contributed by atoms with van der Waals surface area (Å²) in [5.41, 5.74) is 0. The lowest BCUT2D eigenvalue weighted by Gasteiger charge is -2.37. The first kappa shape index (κ1) is 18.9. The number of likely N-dealkylation sites (tertiary alicyclic amines) is 1. The van der Waals surface area contributed by atoms with Crippen molar-refractivity contribution in [2.75, 3.05) is 32.8 Å². The molecule has 0 atom stereocenters. The van der Waals surface area contributed by atoms with Gasteiger partial charge in [-0.2, -0.15) is 0 Å². The molecule has 1 N–H and O–H groups in total. The first-order valence-electron chi connectivity index (χ1n) is 8.00. The zero-order valence-corrected chi connectivity index (χ0v) is 14.1. The Bertz CT molecular complexity index is 618. The minimum absolute atomic E-state index is 0.113. The van der Waals surface area contributed by atoms with E-state index in [0.717, 1.165) is 6.07 Å². The molecular weight excluding hydrogens is 334 g/mol. The van der Waals surface area contributed by atoms with Crippen LogP contribution in [0, 0.1) is 16.0 Å². The van der Waals surface area contributed by atoms with Gasteiger partial charge in [0.2, 0.25) is 5.91 Å². The first-order chi connectivity index (χ1) is 12.0. The second kappa shape index (κ2) is 8.58. The van der Waals surface area contributed by atoms with Gasteiger partial charge in [-0.05, 0) is 19.9 Å². The van der Waals surface area contributed by atoms with E-state index in [1.807, 2.05) is 13.8 Å². The first-order valence-corrected chi connectivity index (χ1v) is 8.00. The number of nitrogens with one attached hydrogen (secondary N) is 1. The summed E-state index contributed by atoms with van der Waals surface area (Å²) in [7, 11) is 0. The van der Waals surface area contributed by atoms with Gasteiger partial charge >= 0.3 is 5.88 Å². The molecule has 0 radical (unpaired) electrons. The van der Waals surface area contributed by atoms with Gasteiger partial charge in [0.1, 0.15) is 4.92 Å². The fourth-order valence-electron chi connectivity index (χ4n) is 2.37. The maximum Gasteiger partial charge on any atom is 0.433 e. The van der Waals surface area contributed by atoms with Gasteiger partial charge in [0, 0.05) is 26.3 Å². The Balaban J connectivity index is 1.77. The van der Waals surface area contributed by atoms with Crippen molar-refractivity contribution in [2.24, 2.45) is 5.92 Å². The summed E-state index contributed by atoms with van der Waals surface area (Å²) in [6.45, 7) is 5.31. The zero-order valence-electron chi connectivity index (χ0n) is 14.1. The monoisotopic (exact) mass is 355 g/mol. The third kappa shape index (κ3) is 4.77. The van der Waals surface area contributed by atoms with Crippen LogP contribution < -0.4 is 5.32 Å². The van der Waals surface area contributed by atoms with E-state index in [-0.39, 0.29) is 37.2 Å². The maximum absolute atomic E-state index is 12.1. The van der Waals surface area contributed by atoms with E-state index in [4.69, 9.17) is 13.9 Å². The number of furan rings is 1. The fourth-order valence-corrected chi connectivity index (χ4v) is 2.37. The van der Waals surface area contributed by atoms with Crippen LogP contribution in [0.2, 0.25) is 0 Å². The van der Waals surface area contributed by atoms with Crippen LogP contribution in [0.3, 0.4) is 0 Å². The highest BCUT2D eigenvalue weighted by molar-refractivity contribution is 5.94. The molecular formula is C15H21N3O7. The molecule has 1 aliphatic heterocycles. The smallest absolute Gasteiger partial charge is 0.395 e. The molecule has 0 saturated carbocycles. The van der Waals surface area contributed by atoms with Gasteiger partial charge < -0.3 is 24.1 Å². The van der Waals surface area contributed by atoms with Gasteiger partial charge in [0.05, 0.1) is 18.5 Å². The average molecular weight is 355 g/mol. The average Bonchev–Trinajstić information content (AvgIpc) is 3.01. The maximum atomic E-state index is 12.1. The SMILES string of the molecule is CCOC(CNC(=O)C1CN(C(=O)c2ccc([N+](=O)[O-])o2)C1)OCC. The molecule has 10 heteroatoms. The molecule has 2 heterocycles. The van der Waals surface area contributed by atoms with Crippen molar-refractivity contribution in [1.82, 2.24) is 10.2 Å². The number of hydrogen-bond acceptors (Lipinski definition) is 7. The lowest BCUT2D eigenvalue weighted by molar-refractivity contribution is -0.402. The third-order valence-electron chi connectivity index (χ3n) is 3.67. The zero-order chi connectivity index (χ0) is 18.4. The Morgan fingerprint density at radius 3 is 2.52 bits per heavy atom. The summed E-state index contributed by atoms with van der Waals surface area (Å²) >= 11 is 0. The summed E-state index contributed by atoms with van der Waals surface area (Å²) < 4.78 is 15.5. The quantitative estimate of drug-likeness (QED) is 0.394. The van der Waals surface area contributed by atoms with Crippen molar-refractivity contribution in [3.8, 4) is 0 Å². The van der Waals surface area contributed by atoms with E-state index in [9.17, 15) is 19.7 Å². The Morgan fingerprint density at radius 1 is 1.36 bits per heavy atom. The minimum atomic E-state index is -0.712. The molecule has 0 spiro atoms. The molecule has 1 saturated heterocycles. The summed E-state index contributed by atoms with van der Waals surface area (Å²) in [5, 5.41) is 13.3. The summed E-state index contributed by atoms with van der Waals surface area (Å²) in [4.78, 5) is 35.4. The van der Waals surface area contributed by atoms with Crippen molar-refractivity contribution < 1.29 is 28.4 Å². The van der Waals surface area contributed by atoms with Crippen LogP contribution in [0.15, 0.2) is 16.5 Å². The molecule has 0 unspecified atom stereocenters. The van der Waals surface area contributed by atoms with Gasteiger partial charge in [-0.3, -0.25) is 19.7 Å². The van der Waals surface area contributed by atoms with Gasteiger partial charge in [-0.15, -0.1) is 0 Å². The van der Waals surface area contributed by atoms with Crippen molar-refractivity contribution >= 4 is 17.7 Å². The van der Waals surface area contributed by atoms with Crippen LogP contribution in [0.5, 0.6) is 0 Å². The van der Waals surface area contributed by atoms with E-state index in [2.05, 4.69) is 5.32 Å². The van der Waals surface area contributed by atoms with E-state index in [1.165, 1.54) is 11.0 Å². The highest BCUT2D eigenvalue weighted by Gasteiger charge is 2.37. The Morgan fingerprint density at radius 2 is 2.00 bits per heavy atom. The van der Waals surface area contributed by atoms with Crippen molar-refractivity contribution in [3.05, 3.63) is 28.0 Å².